The second kappa shape index (κ2) is 15.6. The van der Waals surface area contributed by atoms with Gasteiger partial charge in [-0.05, 0) is 0 Å². The number of nitrogens with two attached hydrogens (primary N) is 1. The van der Waals surface area contributed by atoms with E-state index >= 15 is 0 Å². The number of hydrogen-bond donors (Lipinski definition) is 5. The van der Waals surface area contributed by atoms with Crippen LogP contribution in [0.3, 0.4) is 0 Å². The molecule has 0 aromatic heterocycles. The average molecular weight is 376 g/mol. The van der Waals surface area contributed by atoms with Crippen molar-refractivity contribution in [1.82, 2.24) is 4.90 Å². The number of amides is 2. The Balaban J connectivity index is -0.000000105. The van der Waals surface area contributed by atoms with Crippen molar-refractivity contribution in [3.63, 3.8) is 0 Å². The van der Waals surface area contributed by atoms with Gasteiger partial charge in [0.05, 0.1) is 13.2 Å². The van der Waals surface area contributed by atoms with E-state index in [4.69, 9.17) is 15.0 Å². The van der Waals surface area contributed by atoms with Crippen molar-refractivity contribution in [2.24, 2.45) is 5.73 Å². The molecule has 0 aliphatic heterocycles. The fraction of sp³-hybridized carbons (Fsp3) is 0.667. The molecule has 0 radical (unpaired) electrons. The van der Waals surface area contributed by atoms with E-state index in [1.165, 1.54) is 4.90 Å². The van der Waals surface area contributed by atoms with Crippen LogP contribution in [0.1, 0.15) is 1.43 Å². The Bertz CT molecular complexity index is 180. The molecule has 2 amide bonds. The van der Waals surface area contributed by atoms with Crippen LogP contribution in [0.2, 0.25) is 0 Å². The molecule has 0 heterocycles. The second-order valence-electron chi connectivity index (χ2n) is 2.06. The quantitative estimate of drug-likeness (QED) is 0.328. The molecule has 0 spiro atoms. The summed E-state index contributed by atoms with van der Waals surface area (Å²) in [4.78, 5) is 20.8. The summed E-state index contributed by atoms with van der Waals surface area (Å²) in [6, 6.07) is 0. The molecule has 0 saturated heterocycles. The largest absolute Gasteiger partial charge is 1.00 e. The van der Waals surface area contributed by atoms with Crippen molar-refractivity contribution in [3.8, 4) is 0 Å². The van der Waals surface area contributed by atoms with Crippen molar-refractivity contribution in [2.75, 3.05) is 26.3 Å². The van der Waals surface area contributed by atoms with Crippen LogP contribution in [0.4, 0.5) is 9.59 Å². The summed E-state index contributed by atoms with van der Waals surface area (Å²) >= 11 is 6.63. The number of nitrogens with zero attached hydrogens (tertiary/aromatic N) is 1. The summed E-state index contributed by atoms with van der Waals surface area (Å²) in [5, 5.41) is 15.7. The molecule has 0 aromatic carbocycles. The number of thiol groups is 2. The fourth-order valence-corrected chi connectivity index (χ4v) is 0.745. The molecule has 0 fully saturated rings. The predicted octanol–water partition coefficient (Wildman–Crippen LogP) is -3.57. The number of primary amides is 1. The van der Waals surface area contributed by atoms with Gasteiger partial charge in [-0.3, -0.25) is 9.59 Å². The first-order valence-corrected chi connectivity index (χ1v) is 4.53. The summed E-state index contributed by atoms with van der Waals surface area (Å²) < 4.78 is 0. The molecule has 0 aromatic rings. The molecule has 0 aliphatic carbocycles. The van der Waals surface area contributed by atoms with Crippen LogP contribution in [0.5, 0.6) is 0 Å². The summed E-state index contributed by atoms with van der Waals surface area (Å²) in [6.45, 7) is 0.240. The predicted molar refractivity (Wildman–Crippen MR) is 59.8 cm³/mol. The second-order valence-corrected chi connectivity index (χ2v) is 2.88. The van der Waals surface area contributed by atoms with Crippen molar-refractivity contribution in [2.45, 2.75) is 0 Å². The maximum absolute atomic E-state index is 10.5. The van der Waals surface area contributed by atoms with E-state index < -0.39 is 10.5 Å². The van der Waals surface area contributed by atoms with Crippen molar-refractivity contribution in [3.05, 3.63) is 0 Å². The zero-order chi connectivity index (χ0) is 11.6. The van der Waals surface area contributed by atoms with Gasteiger partial charge in [0.25, 0.3) is 10.5 Å². The molecule has 9 heteroatoms. The molecule has 0 aliphatic rings. The maximum Gasteiger partial charge on any atom is 1.00 e. The van der Waals surface area contributed by atoms with E-state index in [-0.39, 0.29) is 96.6 Å². The van der Waals surface area contributed by atoms with Gasteiger partial charge in [0, 0.05) is 13.1 Å². The van der Waals surface area contributed by atoms with Gasteiger partial charge in [0.15, 0.2) is 0 Å². The Hall–Kier alpha value is 1.61. The van der Waals surface area contributed by atoms with Gasteiger partial charge < -0.3 is 22.3 Å². The Kier molecular flexibility index (Phi) is 22.7. The van der Waals surface area contributed by atoms with Gasteiger partial charge in [0.1, 0.15) is 0 Å². The third-order valence-corrected chi connectivity index (χ3v) is 1.29. The van der Waals surface area contributed by atoms with Crippen LogP contribution >= 0.6 is 25.3 Å². The Morgan fingerprint density at radius 1 is 1.20 bits per heavy atom. The summed E-state index contributed by atoms with van der Waals surface area (Å²) in [6.07, 6.45) is 0. The fourth-order valence-electron chi connectivity index (χ4n) is 0.545. The third kappa shape index (κ3) is 21.5. The van der Waals surface area contributed by atoms with Gasteiger partial charge >= 0.3 is 68.9 Å². The minimum atomic E-state index is -0.639. The number of hydrogen-bond acceptors (Lipinski definition) is 4. The van der Waals surface area contributed by atoms with Gasteiger partial charge in [-0.25, -0.2) is 0 Å². The van der Waals surface area contributed by atoms with Crippen molar-refractivity contribution < 1.29 is 90.1 Å². The van der Waals surface area contributed by atoms with E-state index in [1.807, 2.05) is 0 Å². The zero-order valence-electron chi connectivity index (χ0n) is 9.46. The van der Waals surface area contributed by atoms with Crippen LogP contribution in [-0.4, -0.2) is 51.9 Å². The van der Waals surface area contributed by atoms with Crippen LogP contribution in [-0.2, 0) is 0 Å². The third-order valence-electron chi connectivity index (χ3n) is 1.01. The van der Waals surface area contributed by atoms with Crippen LogP contribution in [0.15, 0.2) is 0 Å². The van der Waals surface area contributed by atoms with Gasteiger partial charge in [-0.15, -0.1) is 0 Å². The molecule has 0 unspecified atom stereocenters. The van der Waals surface area contributed by atoms with E-state index in [0.29, 0.717) is 0 Å². The monoisotopic (exact) mass is 376 g/mol. The van der Waals surface area contributed by atoms with E-state index in [1.54, 1.807) is 0 Å². The van der Waals surface area contributed by atoms with Gasteiger partial charge in [-0.1, -0.05) is 25.3 Å². The minimum Gasteiger partial charge on any atom is -1.00 e. The van der Waals surface area contributed by atoms with Crippen molar-refractivity contribution >= 4 is 35.7 Å². The first kappa shape index (κ1) is 21.9. The Labute approximate surface area is 160 Å². The SMILES string of the molecule is NC(=O)S.O=C(S)N(CCO)CCO.[Cs+].[H-]. The Morgan fingerprint density at radius 2 is 1.47 bits per heavy atom. The molecule has 0 atom stereocenters. The topological polar surface area (TPSA) is 104 Å². The Morgan fingerprint density at radius 3 is 1.60 bits per heavy atom. The van der Waals surface area contributed by atoms with E-state index in [9.17, 15) is 4.79 Å². The normalized spacial score (nSPS) is 8.00. The molecule has 0 saturated carbocycles. The molecular formula is C6H15CsN2O4S2. The van der Waals surface area contributed by atoms with E-state index in [2.05, 4.69) is 31.0 Å². The molecule has 15 heavy (non-hydrogen) atoms. The van der Waals surface area contributed by atoms with Crippen LogP contribution in [0, 0.1) is 0 Å². The average Bonchev–Trinajstić information content (AvgIpc) is 2.02. The molecule has 6 nitrogen and oxygen atoms in total. The smallest absolute Gasteiger partial charge is 1.00 e. The minimum absolute atomic E-state index is 0. The molecule has 4 N–H and O–H groups in total. The van der Waals surface area contributed by atoms with Gasteiger partial charge in [0.2, 0.25) is 0 Å². The van der Waals surface area contributed by atoms with Crippen LogP contribution in [0.25, 0.3) is 0 Å². The number of aliphatic hydroxyl groups excluding tert-OH is 2. The standard InChI is InChI=1S/C5H11NO3S.CH3NOS.Cs.H/c7-3-1-6(2-4-8)5(9)10;2-1(3)4;;/h7-8H,1-4H2,(H,9,10);(H3,2,3,4);;/q;;+1;-1. The molecule has 86 valence electrons. The van der Waals surface area contributed by atoms with Gasteiger partial charge in [-0.2, -0.15) is 0 Å². The molecular weight excluding hydrogens is 361 g/mol. The molecule has 0 bridgehead atoms. The summed E-state index contributed by atoms with van der Waals surface area (Å²) in [5.74, 6) is 0. The number of carbonyl (C=O) groups is 2. The maximum atomic E-state index is 10.5. The molecule has 0 rings (SSSR count). The summed E-state index contributed by atoms with van der Waals surface area (Å²) in [5.41, 5.74) is 4.34. The number of aliphatic hydroxyl groups is 2. The first-order chi connectivity index (χ1) is 6.45. The first-order valence-electron chi connectivity index (χ1n) is 3.63. The summed E-state index contributed by atoms with van der Waals surface area (Å²) in [7, 11) is 0. The van der Waals surface area contributed by atoms with Crippen molar-refractivity contribution in [1.29, 1.82) is 0 Å². The van der Waals surface area contributed by atoms with E-state index in [0.717, 1.165) is 0 Å². The zero-order valence-corrected chi connectivity index (χ0v) is 16.5. The number of carbonyl (C=O) groups excluding carboxylic acids is 2. The number of rotatable bonds is 4. The van der Waals surface area contributed by atoms with Crippen LogP contribution < -0.4 is 74.6 Å².